The lowest BCUT2D eigenvalue weighted by atomic mass is 10.0. The van der Waals surface area contributed by atoms with Crippen molar-refractivity contribution in [2.45, 2.75) is 64.7 Å². The summed E-state index contributed by atoms with van der Waals surface area (Å²) in [6.07, 6.45) is 8.50. The molecule has 0 saturated carbocycles. The summed E-state index contributed by atoms with van der Waals surface area (Å²) in [4.78, 5) is 20.3. The van der Waals surface area contributed by atoms with Gasteiger partial charge in [-0.2, -0.15) is 0 Å². The number of carbonyl (C=O) groups is 1. The normalized spacial score (nSPS) is 11.6. The number of nitrogens with zero attached hydrogens (tertiary/aromatic N) is 4. The van der Waals surface area contributed by atoms with Crippen LogP contribution in [0.4, 0.5) is 0 Å². The zero-order valence-electron chi connectivity index (χ0n) is 20.5. The Morgan fingerprint density at radius 2 is 1.76 bits per heavy atom. The molecule has 0 amide bonds. The molecule has 1 N–H and O–H groups in total. The third-order valence-electron chi connectivity index (χ3n) is 6.01. The second kappa shape index (κ2) is 11.9. The molecule has 0 unspecified atom stereocenters. The molecule has 3 rings (SSSR count). The van der Waals surface area contributed by atoms with Crippen molar-refractivity contribution in [3.05, 3.63) is 65.5 Å². The van der Waals surface area contributed by atoms with Crippen LogP contribution in [-0.4, -0.2) is 45.0 Å². The number of aryl methyl sites for hydroxylation is 1. The van der Waals surface area contributed by atoms with Gasteiger partial charge in [0.05, 0.1) is 12.1 Å². The number of carboxylic acids is 1. The van der Waals surface area contributed by atoms with Crippen LogP contribution in [0.1, 0.15) is 73.5 Å². The zero-order valence-corrected chi connectivity index (χ0v) is 20.5. The second-order valence-corrected chi connectivity index (χ2v) is 8.30. The molecule has 8 heteroatoms. The Balaban J connectivity index is 1.90. The maximum absolute atomic E-state index is 11.5. The van der Waals surface area contributed by atoms with Crippen LogP contribution in [0.15, 0.2) is 42.7 Å². The first-order valence-corrected chi connectivity index (χ1v) is 11.8. The van der Waals surface area contributed by atoms with E-state index in [0.717, 1.165) is 49.1 Å². The van der Waals surface area contributed by atoms with E-state index in [9.17, 15) is 9.90 Å². The molecule has 2 aromatic heterocycles. The largest absolute Gasteiger partial charge is 0.478 e. The van der Waals surface area contributed by atoms with Crippen molar-refractivity contribution < 1.29 is 19.4 Å². The molecular formula is C26H34N4O4. The van der Waals surface area contributed by atoms with Gasteiger partial charge in [0.15, 0.2) is 0 Å². The van der Waals surface area contributed by atoms with Gasteiger partial charge in [0, 0.05) is 39.5 Å². The zero-order chi connectivity index (χ0) is 24.6. The summed E-state index contributed by atoms with van der Waals surface area (Å²) in [6.45, 7) is 4.83. The topological polar surface area (TPSA) is 99.4 Å². The molecule has 0 fully saturated rings. The SMILES string of the molecule is CCCCc1nc(C(CCCC)(OC)OC)nn1Cc1ccc(-c2ccncc2C(=O)O)cc1. The summed E-state index contributed by atoms with van der Waals surface area (Å²) < 4.78 is 13.5. The summed E-state index contributed by atoms with van der Waals surface area (Å²) in [5.74, 6) is -0.499. The molecule has 0 radical (unpaired) electrons. The van der Waals surface area contributed by atoms with Crippen LogP contribution in [0.3, 0.4) is 0 Å². The van der Waals surface area contributed by atoms with E-state index in [4.69, 9.17) is 19.6 Å². The van der Waals surface area contributed by atoms with Crippen LogP contribution in [-0.2, 0) is 28.2 Å². The first-order valence-electron chi connectivity index (χ1n) is 11.8. The Morgan fingerprint density at radius 1 is 1.06 bits per heavy atom. The molecule has 0 saturated heterocycles. The maximum Gasteiger partial charge on any atom is 0.337 e. The highest BCUT2D eigenvalue weighted by Gasteiger charge is 2.37. The van der Waals surface area contributed by atoms with Crippen molar-refractivity contribution in [3.8, 4) is 11.1 Å². The van der Waals surface area contributed by atoms with E-state index < -0.39 is 11.8 Å². The molecule has 0 aliphatic carbocycles. The van der Waals surface area contributed by atoms with Crippen LogP contribution < -0.4 is 0 Å². The monoisotopic (exact) mass is 466 g/mol. The van der Waals surface area contributed by atoms with Crippen molar-refractivity contribution in [1.29, 1.82) is 0 Å². The van der Waals surface area contributed by atoms with Gasteiger partial charge < -0.3 is 14.6 Å². The van der Waals surface area contributed by atoms with Gasteiger partial charge in [-0.15, -0.1) is 5.10 Å². The highest BCUT2D eigenvalue weighted by molar-refractivity contribution is 5.95. The molecule has 8 nitrogen and oxygen atoms in total. The van der Waals surface area contributed by atoms with Gasteiger partial charge in [0.2, 0.25) is 11.6 Å². The molecule has 3 aromatic rings. The third kappa shape index (κ3) is 5.69. The number of methoxy groups -OCH3 is 2. The van der Waals surface area contributed by atoms with Crippen LogP contribution in [0.25, 0.3) is 11.1 Å². The summed E-state index contributed by atoms with van der Waals surface area (Å²) in [6, 6.07) is 9.55. The van der Waals surface area contributed by atoms with Crippen LogP contribution >= 0.6 is 0 Å². The van der Waals surface area contributed by atoms with Gasteiger partial charge in [-0.25, -0.2) is 14.5 Å². The number of ether oxygens (including phenoxy) is 2. The van der Waals surface area contributed by atoms with E-state index in [0.29, 0.717) is 24.4 Å². The summed E-state index contributed by atoms with van der Waals surface area (Å²) >= 11 is 0. The van der Waals surface area contributed by atoms with Crippen molar-refractivity contribution in [2.75, 3.05) is 14.2 Å². The second-order valence-electron chi connectivity index (χ2n) is 8.30. The summed E-state index contributed by atoms with van der Waals surface area (Å²) in [7, 11) is 3.27. The Morgan fingerprint density at radius 3 is 2.38 bits per heavy atom. The molecule has 2 heterocycles. The molecule has 0 atom stereocenters. The van der Waals surface area contributed by atoms with Crippen molar-refractivity contribution in [1.82, 2.24) is 19.7 Å². The minimum Gasteiger partial charge on any atom is -0.478 e. The lowest BCUT2D eigenvalue weighted by Crippen LogP contribution is -2.32. The van der Waals surface area contributed by atoms with Gasteiger partial charge >= 0.3 is 5.97 Å². The number of hydrogen-bond donors (Lipinski definition) is 1. The van der Waals surface area contributed by atoms with E-state index in [1.165, 1.54) is 6.20 Å². The number of hydrogen-bond acceptors (Lipinski definition) is 6. The van der Waals surface area contributed by atoms with E-state index in [1.54, 1.807) is 26.5 Å². The highest BCUT2D eigenvalue weighted by atomic mass is 16.7. The Hall–Kier alpha value is -3.10. The lowest BCUT2D eigenvalue weighted by molar-refractivity contribution is -0.226. The van der Waals surface area contributed by atoms with Gasteiger partial charge in [0.1, 0.15) is 5.82 Å². The Kier molecular flexibility index (Phi) is 8.90. The average molecular weight is 467 g/mol. The maximum atomic E-state index is 11.5. The molecule has 1 aromatic carbocycles. The molecule has 0 aliphatic heterocycles. The highest BCUT2D eigenvalue weighted by Crippen LogP contribution is 2.30. The van der Waals surface area contributed by atoms with E-state index >= 15 is 0 Å². The van der Waals surface area contributed by atoms with Crippen molar-refractivity contribution >= 4 is 5.97 Å². The number of unbranched alkanes of at least 4 members (excludes halogenated alkanes) is 2. The molecular weight excluding hydrogens is 432 g/mol. The fourth-order valence-electron chi connectivity index (χ4n) is 3.95. The number of rotatable bonds is 13. The van der Waals surface area contributed by atoms with E-state index in [2.05, 4.69) is 18.8 Å². The van der Waals surface area contributed by atoms with Crippen LogP contribution in [0, 0.1) is 0 Å². The summed E-state index contributed by atoms with van der Waals surface area (Å²) in [5.41, 5.74) is 2.69. The minimum atomic E-state index is -0.995. The van der Waals surface area contributed by atoms with Gasteiger partial charge in [-0.05, 0) is 35.6 Å². The van der Waals surface area contributed by atoms with Crippen molar-refractivity contribution in [3.63, 3.8) is 0 Å². The number of pyridine rings is 1. The van der Waals surface area contributed by atoms with Crippen LogP contribution in [0.5, 0.6) is 0 Å². The minimum absolute atomic E-state index is 0.181. The Bertz CT molecular complexity index is 1070. The Labute approximate surface area is 201 Å². The quantitative estimate of drug-likeness (QED) is 0.351. The molecule has 182 valence electrons. The number of benzene rings is 1. The standard InChI is InChI=1S/C26H34N4O4/c1-5-7-9-23-28-25(26(33-3,34-4)15-8-6-2)29-30(23)18-19-10-12-20(13-11-19)21-14-16-27-17-22(21)24(31)32/h10-14,16-17H,5-9,15,18H2,1-4H3,(H,31,32). The number of aromatic nitrogens is 4. The van der Waals surface area contributed by atoms with Crippen molar-refractivity contribution in [2.24, 2.45) is 0 Å². The van der Waals surface area contributed by atoms with Gasteiger partial charge in [-0.1, -0.05) is 51.0 Å². The molecule has 34 heavy (non-hydrogen) atoms. The predicted octanol–water partition coefficient (Wildman–Crippen LogP) is 5.07. The lowest BCUT2D eigenvalue weighted by Gasteiger charge is -2.27. The van der Waals surface area contributed by atoms with Gasteiger partial charge in [0.25, 0.3) is 0 Å². The third-order valence-corrected chi connectivity index (χ3v) is 6.01. The van der Waals surface area contributed by atoms with E-state index in [1.807, 2.05) is 28.9 Å². The predicted molar refractivity (Wildman–Crippen MR) is 130 cm³/mol. The average Bonchev–Trinajstić information content (AvgIpc) is 3.27. The first-order chi connectivity index (χ1) is 16.5. The molecule has 0 bridgehead atoms. The summed E-state index contributed by atoms with van der Waals surface area (Å²) in [5, 5.41) is 14.3. The fourth-order valence-corrected chi connectivity index (χ4v) is 3.95. The van der Waals surface area contributed by atoms with E-state index in [-0.39, 0.29) is 5.56 Å². The van der Waals surface area contributed by atoms with Gasteiger partial charge in [-0.3, -0.25) is 4.98 Å². The van der Waals surface area contributed by atoms with Crippen LogP contribution in [0.2, 0.25) is 0 Å². The molecule has 0 aliphatic rings. The first kappa shape index (κ1) is 25.5. The fraction of sp³-hybridized carbons (Fsp3) is 0.462. The number of carboxylic acid groups (broad SMARTS) is 1. The molecule has 0 spiro atoms. The smallest absolute Gasteiger partial charge is 0.337 e. The number of aromatic carboxylic acids is 1.